The fourth-order valence-corrected chi connectivity index (χ4v) is 3.95. The second kappa shape index (κ2) is 2.84. The van der Waals surface area contributed by atoms with Crippen molar-refractivity contribution >= 4 is 5.78 Å². The van der Waals surface area contributed by atoms with Crippen molar-refractivity contribution in [2.45, 2.75) is 53.4 Å². The Kier molecular flexibility index (Phi) is 2.06. The van der Waals surface area contributed by atoms with Crippen molar-refractivity contribution in [3.8, 4) is 0 Å². The minimum absolute atomic E-state index is 0.0475. The molecule has 2 saturated carbocycles. The maximum absolute atomic E-state index is 12.1. The van der Waals surface area contributed by atoms with Gasteiger partial charge in [0.25, 0.3) is 0 Å². The zero-order valence-electron chi connectivity index (χ0n) is 9.89. The molecule has 2 rings (SSSR count). The Bertz CT molecular complexity index is 264. The van der Waals surface area contributed by atoms with Crippen LogP contribution in [0.25, 0.3) is 0 Å². The van der Waals surface area contributed by atoms with Gasteiger partial charge in [-0.05, 0) is 36.5 Å². The van der Waals surface area contributed by atoms with Crippen LogP contribution in [0.1, 0.15) is 53.4 Å². The topological polar surface area (TPSA) is 17.1 Å². The quantitative estimate of drug-likeness (QED) is 0.658. The lowest BCUT2D eigenvalue weighted by molar-refractivity contribution is -0.130. The summed E-state index contributed by atoms with van der Waals surface area (Å²) in [7, 11) is 0. The summed E-state index contributed by atoms with van der Waals surface area (Å²) in [6.07, 6.45) is 4.40. The highest BCUT2D eigenvalue weighted by Gasteiger charge is 2.63. The summed E-state index contributed by atoms with van der Waals surface area (Å²) < 4.78 is 0. The van der Waals surface area contributed by atoms with Crippen molar-refractivity contribution in [2.75, 3.05) is 0 Å². The van der Waals surface area contributed by atoms with E-state index in [0.717, 1.165) is 19.3 Å². The van der Waals surface area contributed by atoms with E-state index >= 15 is 0 Å². The Morgan fingerprint density at radius 3 is 2.43 bits per heavy atom. The number of hydrogen-bond acceptors (Lipinski definition) is 1. The Morgan fingerprint density at radius 2 is 2.07 bits per heavy atom. The summed E-state index contributed by atoms with van der Waals surface area (Å²) in [5.74, 6) is 1.89. The molecule has 0 spiro atoms. The molecule has 2 fully saturated rings. The molecule has 2 aliphatic rings. The van der Waals surface area contributed by atoms with E-state index in [-0.39, 0.29) is 10.8 Å². The number of ketones is 1. The highest BCUT2D eigenvalue weighted by atomic mass is 16.1. The molecular weight excluding hydrogens is 172 g/mol. The van der Waals surface area contributed by atoms with E-state index in [1.165, 1.54) is 6.42 Å². The number of hydrogen-bond donors (Lipinski definition) is 0. The van der Waals surface area contributed by atoms with E-state index in [9.17, 15) is 4.79 Å². The fourth-order valence-electron chi connectivity index (χ4n) is 3.95. The number of rotatable bonds is 2. The maximum Gasteiger partial charge on any atom is 0.139 e. The molecule has 1 unspecified atom stereocenters. The van der Waals surface area contributed by atoms with Gasteiger partial charge < -0.3 is 0 Å². The third-order valence-corrected chi connectivity index (χ3v) is 4.90. The summed E-state index contributed by atoms with van der Waals surface area (Å²) in [6.45, 7) is 9.11. The van der Waals surface area contributed by atoms with E-state index < -0.39 is 0 Å². The largest absolute Gasteiger partial charge is 0.299 e. The molecule has 80 valence electrons. The molecule has 2 atom stereocenters. The third-order valence-electron chi connectivity index (χ3n) is 4.90. The van der Waals surface area contributed by atoms with Gasteiger partial charge in [-0.25, -0.2) is 0 Å². The molecular formula is C13H22O. The highest BCUT2D eigenvalue weighted by molar-refractivity contribution is 5.89. The zero-order valence-corrected chi connectivity index (χ0v) is 9.89. The van der Waals surface area contributed by atoms with Crippen LogP contribution in [0.5, 0.6) is 0 Å². The predicted molar refractivity (Wildman–Crippen MR) is 58.0 cm³/mol. The Labute approximate surface area is 87.3 Å². The van der Waals surface area contributed by atoms with Gasteiger partial charge in [-0.15, -0.1) is 0 Å². The van der Waals surface area contributed by atoms with E-state index in [2.05, 4.69) is 27.7 Å². The first-order valence-corrected chi connectivity index (χ1v) is 5.93. The van der Waals surface area contributed by atoms with Crippen LogP contribution in [0, 0.1) is 22.7 Å². The van der Waals surface area contributed by atoms with Crippen LogP contribution >= 0.6 is 0 Å². The first-order chi connectivity index (χ1) is 6.40. The summed E-state index contributed by atoms with van der Waals surface area (Å²) in [5.41, 5.74) is 0.320. The predicted octanol–water partition coefficient (Wildman–Crippen LogP) is 3.43. The lowest BCUT2D eigenvalue weighted by atomic mass is 9.65. The molecule has 0 radical (unpaired) electrons. The first-order valence-electron chi connectivity index (χ1n) is 5.93. The summed E-state index contributed by atoms with van der Waals surface area (Å²) >= 11 is 0. The van der Waals surface area contributed by atoms with Crippen molar-refractivity contribution in [3.05, 3.63) is 0 Å². The molecule has 0 amide bonds. The molecule has 0 aromatic carbocycles. The minimum atomic E-state index is 0.0475. The van der Waals surface area contributed by atoms with Crippen LogP contribution in [-0.2, 0) is 4.79 Å². The van der Waals surface area contributed by atoms with Gasteiger partial charge in [-0.2, -0.15) is 0 Å². The van der Waals surface area contributed by atoms with Gasteiger partial charge in [0.05, 0.1) is 0 Å². The van der Waals surface area contributed by atoms with Crippen LogP contribution in [0.15, 0.2) is 0 Å². The lowest BCUT2D eigenvalue weighted by Crippen LogP contribution is -2.37. The smallest absolute Gasteiger partial charge is 0.139 e. The molecule has 1 nitrogen and oxygen atoms in total. The van der Waals surface area contributed by atoms with Gasteiger partial charge >= 0.3 is 0 Å². The number of fused-ring (bicyclic) bond motifs is 2. The van der Waals surface area contributed by atoms with E-state index in [1.807, 2.05) is 0 Å². The van der Waals surface area contributed by atoms with Gasteiger partial charge in [0.2, 0.25) is 0 Å². The molecule has 2 aliphatic carbocycles. The van der Waals surface area contributed by atoms with Crippen molar-refractivity contribution in [1.29, 1.82) is 0 Å². The Morgan fingerprint density at radius 1 is 1.43 bits per heavy atom. The SMILES string of the molecule is CC(C)CC12CC[C@@H](CC1=O)C2(C)C. The lowest BCUT2D eigenvalue weighted by Gasteiger charge is -2.37. The summed E-state index contributed by atoms with van der Waals surface area (Å²) in [4.78, 5) is 12.1. The average Bonchev–Trinajstić information content (AvgIpc) is 2.36. The molecule has 1 heteroatoms. The molecule has 0 aliphatic heterocycles. The van der Waals surface area contributed by atoms with Crippen LogP contribution in [-0.4, -0.2) is 5.78 Å². The average molecular weight is 194 g/mol. The third kappa shape index (κ3) is 1.04. The van der Waals surface area contributed by atoms with E-state index in [4.69, 9.17) is 0 Å². The highest BCUT2D eigenvalue weighted by Crippen LogP contribution is 2.65. The molecule has 0 aromatic rings. The number of carbonyl (C=O) groups is 1. The summed E-state index contributed by atoms with van der Waals surface area (Å²) in [5, 5.41) is 0. The molecule has 14 heavy (non-hydrogen) atoms. The van der Waals surface area contributed by atoms with Gasteiger partial charge in [0.15, 0.2) is 0 Å². The van der Waals surface area contributed by atoms with Crippen LogP contribution < -0.4 is 0 Å². The zero-order chi connectivity index (χ0) is 10.6. The molecule has 0 aromatic heterocycles. The standard InChI is InChI=1S/C13H22O/c1-9(2)8-13-6-5-10(7-11(13)14)12(13,3)4/h9-10H,5-8H2,1-4H3/t10-,13?/m0/s1. The number of Topliss-reactive ketones (excluding diaryl/α,β-unsaturated/α-hetero) is 1. The van der Waals surface area contributed by atoms with Gasteiger partial charge in [-0.3, -0.25) is 4.79 Å². The molecule has 0 saturated heterocycles. The van der Waals surface area contributed by atoms with Crippen molar-refractivity contribution in [3.63, 3.8) is 0 Å². The van der Waals surface area contributed by atoms with Crippen LogP contribution in [0.2, 0.25) is 0 Å². The van der Waals surface area contributed by atoms with Gasteiger partial charge in [0, 0.05) is 11.8 Å². The number of carbonyl (C=O) groups excluding carboxylic acids is 1. The Balaban J connectivity index is 2.34. The Hall–Kier alpha value is -0.330. The van der Waals surface area contributed by atoms with Crippen LogP contribution in [0.4, 0.5) is 0 Å². The second-order valence-corrected chi connectivity index (χ2v) is 6.26. The van der Waals surface area contributed by atoms with Crippen molar-refractivity contribution in [1.82, 2.24) is 0 Å². The monoisotopic (exact) mass is 194 g/mol. The second-order valence-electron chi connectivity index (χ2n) is 6.26. The van der Waals surface area contributed by atoms with Gasteiger partial charge in [0.1, 0.15) is 5.78 Å². The van der Waals surface area contributed by atoms with Gasteiger partial charge in [-0.1, -0.05) is 27.7 Å². The molecule has 2 bridgehead atoms. The maximum atomic E-state index is 12.1. The van der Waals surface area contributed by atoms with Crippen molar-refractivity contribution in [2.24, 2.45) is 22.7 Å². The summed E-state index contributed by atoms with van der Waals surface area (Å²) in [6, 6.07) is 0. The normalized spacial score (nSPS) is 39.8. The van der Waals surface area contributed by atoms with E-state index in [0.29, 0.717) is 17.6 Å². The molecule has 0 heterocycles. The molecule has 0 N–H and O–H groups in total. The minimum Gasteiger partial charge on any atom is -0.299 e. The first kappa shape index (κ1) is 10.2. The fraction of sp³-hybridized carbons (Fsp3) is 0.923. The van der Waals surface area contributed by atoms with Crippen molar-refractivity contribution < 1.29 is 4.79 Å². The van der Waals surface area contributed by atoms with Crippen LogP contribution in [0.3, 0.4) is 0 Å². The van der Waals surface area contributed by atoms with E-state index in [1.54, 1.807) is 0 Å².